The molecule has 4 heteroatoms. The first kappa shape index (κ1) is 12.2. The lowest BCUT2D eigenvalue weighted by Crippen LogP contribution is -2.30. The first-order chi connectivity index (χ1) is 9.20. The zero-order valence-corrected chi connectivity index (χ0v) is 11.3. The van der Waals surface area contributed by atoms with Crippen molar-refractivity contribution in [2.75, 3.05) is 13.7 Å². The normalized spacial score (nSPS) is 18.9. The lowest BCUT2D eigenvalue weighted by molar-refractivity contribution is 0.0954. The van der Waals surface area contributed by atoms with Crippen LogP contribution in [0.2, 0.25) is 0 Å². The highest BCUT2D eigenvalue weighted by molar-refractivity contribution is 6.10. The molecule has 19 heavy (non-hydrogen) atoms. The number of methoxy groups -OCH3 is 1. The first-order valence-corrected chi connectivity index (χ1v) is 6.61. The molecule has 2 aromatic rings. The molecular formula is C15H18N2O2. The molecule has 1 aliphatic heterocycles. The Hall–Kier alpha value is -1.81. The SMILES string of the molecule is COc1ccc2c(c1)c(C(=O)C1CCCN1)cn2C. The number of ether oxygens (including phenoxy) is 1. The molecule has 1 N–H and O–H groups in total. The molecule has 0 amide bonds. The second-order valence-electron chi connectivity index (χ2n) is 5.05. The lowest BCUT2D eigenvalue weighted by atomic mass is 10.0. The number of hydrogen-bond donors (Lipinski definition) is 1. The van der Waals surface area contributed by atoms with Crippen molar-refractivity contribution < 1.29 is 9.53 Å². The summed E-state index contributed by atoms with van der Waals surface area (Å²) in [6.07, 6.45) is 3.93. The smallest absolute Gasteiger partial charge is 0.181 e. The maximum Gasteiger partial charge on any atom is 0.181 e. The van der Waals surface area contributed by atoms with Gasteiger partial charge < -0.3 is 14.6 Å². The van der Waals surface area contributed by atoms with Gasteiger partial charge in [-0.3, -0.25) is 4.79 Å². The minimum Gasteiger partial charge on any atom is -0.497 e. The maximum absolute atomic E-state index is 12.6. The zero-order chi connectivity index (χ0) is 13.4. The van der Waals surface area contributed by atoms with E-state index < -0.39 is 0 Å². The van der Waals surface area contributed by atoms with E-state index in [0.29, 0.717) is 0 Å². The second kappa shape index (κ2) is 4.70. The van der Waals surface area contributed by atoms with Crippen LogP contribution < -0.4 is 10.1 Å². The molecule has 1 aliphatic rings. The van der Waals surface area contributed by atoms with Crippen LogP contribution in [0.15, 0.2) is 24.4 Å². The molecule has 1 aromatic carbocycles. The highest BCUT2D eigenvalue weighted by Crippen LogP contribution is 2.27. The zero-order valence-electron chi connectivity index (χ0n) is 11.3. The number of nitrogens with zero attached hydrogens (tertiary/aromatic N) is 1. The van der Waals surface area contributed by atoms with Gasteiger partial charge in [-0.2, -0.15) is 0 Å². The number of carbonyl (C=O) groups is 1. The summed E-state index contributed by atoms with van der Waals surface area (Å²) < 4.78 is 7.25. The molecule has 1 aromatic heterocycles. The van der Waals surface area contributed by atoms with Gasteiger partial charge in [0.15, 0.2) is 5.78 Å². The average Bonchev–Trinajstić information content (AvgIpc) is 3.06. The summed E-state index contributed by atoms with van der Waals surface area (Å²) in [7, 11) is 3.61. The van der Waals surface area contributed by atoms with E-state index in [4.69, 9.17) is 4.74 Å². The van der Waals surface area contributed by atoms with Crippen LogP contribution >= 0.6 is 0 Å². The molecule has 0 aliphatic carbocycles. The number of benzene rings is 1. The van der Waals surface area contributed by atoms with Gasteiger partial charge in [0.25, 0.3) is 0 Å². The molecule has 1 saturated heterocycles. The summed E-state index contributed by atoms with van der Waals surface area (Å²) in [6.45, 7) is 0.935. The maximum atomic E-state index is 12.6. The van der Waals surface area contributed by atoms with Crippen molar-refractivity contribution in [3.8, 4) is 5.75 Å². The van der Waals surface area contributed by atoms with Crippen LogP contribution in [0.3, 0.4) is 0 Å². The molecule has 1 atom stereocenters. The largest absolute Gasteiger partial charge is 0.497 e. The van der Waals surface area contributed by atoms with Gasteiger partial charge in [0.1, 0.15) is 5.75 Å². The predicted molar refractivity (Wildman–Crippen MR) is 74.8 cm³/mol. The highest BCUT2D eigenvalue weighted by Gasteiger charge is 2.25. The van der Waals surface area contributed by atoms with Gasteiger partial charge >= 0.3 is 0 Å². The van der Waals surface area contributed by atoms with E-state index in [1.807, 2.05) is 36.0 Å². The lowest BCUT2D eigenvalue weighted by Gasteiger charge is -2.08. The van der Waals surface area contributed by atoms with Crippen LogP contribution in [-0.4, -0.2) is 30.0 Å². The molecule has 0 saturated carbocycles. The monoisotopic (exact) mass is 258 g/mol. The fourth-order valence-corrected chi connectivity index (χ4v) is 2.79. The fraction of sp³-hybridized carbons (Fsp3) is 0.400. The number of aromatic nitrogens is 1. The standard InChI is InChI=1S/C15H18N2O2/c1-17-9-12(15(18)13-4-3-7-16-13)11-8-10(19-2)5-6-14(11)17/h5-6,8-9,13,16H,3-4,7H2,1-2H3. The Bertz CT molecular complexity index is 624. The Morgan fingerprint density at radius 3 is 3.00 bits per heavy atom. The second-order valence-corrected chi connectivity index (χ2v) is 5.05. The van der Waals surface area contributed by atoms with Gasteiger partial charge in [-0.1, -0.05) is 0 Å². The fourth-order valence-electron chi connectivity index (χ4n) is 2.79. The summed E-state index contributed by atoms with van der Waals surface area (Å²) in [5, 5.41) is 4.24. The van der Waals surface area contributed by atoms with Crippen molar-refractivity contribution in [1.82, 2.24) is 9.88 Å². The molecule has 0 radical (unpaired) electrons. The Kier molecular flexibility index (Phi) is 3.03. The van der Waals surface area contributed by atoms with Crippen molar-refractivity contribution >= 4 is 16.7 Å². The van der Waals surface area contributed by atoms with Gasteiger partial charge in [0.05, 0.1) is 13.2 Å². The van der Waals surface area contributed by atoms with Gasteiger partial charge in [0.2, 0.25) is 0 Å². The van der Waals surface area contributed by atoms with Crippen molar-refractivity contribution in [1.29, 1.82) is 0 Å². The van der Waals surface area contributed by atoms with Crippen LogP contribution in [0.4, 0.5) is 0 Å². The first-order valence-electron chi connectivity index (χ1n) is 6.61. The van der Waals surface area contributed by atoms with E-state index in [-0.39, 0.29) is 11.8 Å². The van der Waals surface area contributed by atoms with E-state index in [2.05, 4.69) is 5.32 Å². The molecule has 0 spiro atoms. The number of carbonyl (C=O) groups excluding carboxylic acids is 1. The van der Waals surface area contributed by atoms with Crippen LogP contribution in [0.1, 0.15) is 23.2 Å². The predicted octanol–water partition coefficient (Wildman–Crippen LogP) is 2.12. The van der Waals surface area contributed by atoms with Gasteiger partial charge in [-0.15, -0.1) is 0 Å². The Morgan fingerprint density at radius 2 is 2.32 bits per heavy atom. The topological polar surface area (TPSA) is 43.3 Å². The third kappa shape index (κ3) is 2.02. The third-order valence-electron chi connectivity index (χ3n) is 3.84. The highest BCUT2D eigenvalue weighted by atomic mass is 16.5. The third-order valence-corrected chi connectivity index (χ3v) is 3.84. The van der Waals surface area contributed by atoms with E-state index >= 15 is 0 Å². The van der Waals surface area contributed by atoms with Crippen molar-refractivity contribution in [2.24, 2.45) is 7.05 Å². The Morgan fingerprint density at radius 1 is 1.47 bits per heavy atom. The number of fused-ring (bicyclic) bond motifs is 1. The quantitative estimate of drug-likeness (QED) is 0.858. The summed E-state index contributed by atoms with van der Waals surface area (Å²) in [5.41, 5.74) is 1.85. The molecule has 1 unspecified atom stereocenters. The summed E-state index contributed by atoms with van der Waals surface area (Å²) >= 11 is 0. The molecule has 100 valence electrons. The average molecular weight is 258 g/mol. The number of Topliss-reactive ketones (excluding diaryl/α,β-unsaturated/α-hetero) is 1. The van der Waals surface area contributed by atoms with Gasteiger partial charge in [0, 0.05) is 29.7 Å². The van der Waals surface area contributed by atoms with Crippen molar-refractivity contribution in [3.63, 3.8) is 0 Å². The molecule has 0 bridgehead atoms. The molecule has 3 rings (SSSR count). The number of ketones is 1. The van der Waals surface area contributed by atoms with Gasteiger partial charge in [-0.25, -0.2) is 0 Å². The summed E-state index contributed by atoms with van der Waals surface area (Å²) in [4.78, 5) is 12.6. The van der Waals surface area contributed by atoms with Crippen LogP contribution in [0.5, 0.6) is 5.75 Å². The van der Waals surface area contributed by atoms with Crippen molar-refractivity contribution in [3.05, 3.63) is 30.0 Å². The van der Waals surface area contributed by atoms with Crippen molar-refractivity contribution in [2.45, 2.75) is 18.9 Å². The van der Waals surface area contributed by atoms with Gasteiger partial charge in [-0.05, 0) is 37.6 Å². The number of hydrogen-bond acceptors (Lipinski definition) is 3. The van der Waals surface area contributed by atoms with Crippen LogP contribution in [0, 0.1) is 0 Å². The minimum absolute atomic E-state index is 0.0307. The molecular weight excluding hydrogens is 240 g/mol. The number of rotatable bonds is 3. The number of nitrogens with one attached hydrogen (secondary N) is 1. The molecule has 4 nitrogen and oxygen atoms in total. The van der Waals surface area contributed by atoms with Crippen LogP contribution in [-0.2, 0) is 7.05 Å². The Labute approximate surface area is 112 Å². The summed E-state index contributed by atoms with van der Waals surface area (Å²) in [5.74, 6) is 0.975. The van der Waals surface area contributed by atoms with E-state index in [0.717, 1.165) is 41.6 Å². The Balaban J connectivity index is 2.09. The number of aryl methyl sites for hydroxylation is 1. The minimum atomic E-state index is -0.0307. The summed E-state index contributed by atoms with van der Waals surface area (Å²) in [6, 6.07) is 5.83. The molecule has 2 heterocycles. The van der Waals surface area contributed by atoms with E-state index in [1.54, 1.807) is 7.11 Å². The molecule has 1 fully saturated rings. The van der Waals surface area contributed by atoms with Crippen LogP contribution in [0.25, 0.3) is 10.9 Å². The van der Waals surface area contributed by atoms with E-state index in [1.165, 1.54) is 0 Å². The van der Waals surface area contributed by atoms with E-state index in [9.17, 15) is 4.79 Å².